The van der Waals surface area contributed by atoms with Crippen LogP contribution >= 0.6 is 15.9 Å². The van der Waals surface area contributed by atoms with Crippen LogP contribution < -0.4 is 16.3 Å². The molecular formula is C15H21BrN4O. The average Bonchev–Trinajstić information content (AvgIpc) is 2.43. The van der Waals surface area contributed by atoms with Crippen LogP contribution in [0.15, 0.2) is 29.4 Å². The highest BCUT2D eigenvalue weighted by molar-refractivity contribution is 9.10. The van der Waals surface area contributed by atoms with E-state index < -0.39 is 0 Å². The second-order valence-electron chi connectivity index (χ2n) is 6.14. The molecule has 6 heteroatoms. The van der Waals surface area contributed by atoms with Gasteiger partial charge in [-0.05, 0) is 16.5 Å². The van der Waals surface area contributed by atoms with Gasteiger partial charge in [-0.2, -0.15) is 5.10 Å². The summed E-state index contributed by atoms with van der Waals surface area (Å²) in [5.41, 5.74) is 10.8. The maximum atomic E-state index is 11.5. The first-order chi connectivity index (χ1) is 9.88. The third kappa shape index (κ3) is 4.28. The molecule has 21 heavy (non-hydrogen) atoms. The molecule has 5 nitrogen and oxygen atoms in total. The highest BCUT2D eigenvalue weighted by atomic mass is 79.9. The minimum Gasteiger partial charge on any atom is -0.304 e. The lowest BCUT2D eigenvalue weighted by atomic mass is 9.87. The van der Waals surface area contributed by atoms with Gasteiger partial charge in [0.15, 0.2) is 0 Å². The fourth-order valence-corrected chi connectivity index (χ4v) is 2.41. The molecule has 0 bridgehead atoms. The van der Waals surface area contributed by atoms with Crippen LogP contribution in [0.2, 0.25) is 0 Å². The van der Waals surface area contributed by atoms with Crippen LogP contribution in [0.25, 0.3) is 0 Å². The van der Waals surface area contributed by atoms with Crippen LogP contribution in [-0.4, -0.2) is 29.5 Å². The number of halogens is 1. The second-order valence-corrected chi connectivity index (χ2v) is 7.12. The summed E-state index contributed by atoms with van der Waals surface area (Å²) in [6.45, 7) is 7.18. The van der Waals surface area contributed by atoms with E-state index in [0.717, 1.165) is 5.56 Å². The number of benzene rings is 1. The SMILES string of the molecule is CC(C)(C)c1ccc(/C=N\NC2CNNC(=O)C2Br)cc1. The van der Waals surface area contributed by atoms with Crippen molar-refractivity contribution in [3.8, 4) is 0 Å². The van der Waals surface area contributed by atoms with Crippen LogP contribution in [0.5, 0.6) is 0 Å². The fraction of sp³-hybridized carbons (Fsp3) is 0.467. The predicted molar refractivity (Wildman–Crippen MR) is 88.5 cm³/mol. The van der Waals surface area contributed by atoms with Crippen LogP contribution in [-0.2, 0) is 10.2 Å². The second kappa shape index (κ2) is 6.58. The van der Waals surface area contributed by atoms with Crippen LogP contribution in [0.1, 0.15) is 31.9 Å². The highest BCUT2D eigenvalue weighted by Gasteiger charge is 2.29. The molecule has 1 amide bonds. The molecule has 1 aromatic rings. The van der Waals surface area contributed by atoms with E-state index in [0.29, 0.717) is 6.54 Å². The van der Waals surface area contributed by atoms with Crippen LogP contribution in [0.3, 0.4) is 0 Å². The molecule has 0 saturated carbocycles. The lowest BCUT2D eigenvalue weighted by molar-refractivity contribution is -0.123. The molecule has 0 aromatic heterocycles. The van der Waals surface area contributed by atoms with E-state index in [1.54, 1.807) is 6.21 Å². The lowest BCUT2D eigenvalue weighted by Crippen LogP contribution is -2.59. The molecule has 2 unspecified atom stereocenters. The zero-order valence-corrected chi connectivity index (χ0v) is 14.1. The van der Waals surface area contributed by atoms with Crippen molar-refractivity contribution in [2.24, 2.45) is 5.10 Å². The maximum Gasteiger partial charge on any atom is 0.250 e. The number of nitrogens with zero attached hydrogens (tertiary/aromatic N) is 1. The number of hydrogen-bond donors (Lipinski definition) is 3. The minimum atomic E-state index is -0.292. The molecule has 2 rings (SSSR count). The van der Waals surface area contributed by atoms with Crippen molar-refractivity contribution >= 4 is 28.1 Å². The summed E-state index contributed by atoms with van der Waals surface area (Å²) in [6.07, 6.45) is 1.76. The van der Waals surface area contributed by atoms with Crippen molar-refractivity contribution in [2.75, 3.05) is 6.54 Å². The predicted octanol–water partition coefficient (Wildman–Crippen LogP) is 1.67. The molecule has 1 aliphatic rings. The number of alkyl halides is 1. The van der Waals surface area contributed by atoms with Crippen molar-refractivity contribution in [2.45, 2.75) is 37.1 Å². The van der Waals surface area contributed by atoms with Gasteiger partial charge in [-0.1, -0.05) is 61.0 Å². The number of hydrazine groups is 1. The normalized spacial score (nSPS) is 23.1. The Hall–Kier alpha value is -1.40. The van der Waals surface area contributed by atoms with Gasteiger partial charge in [0, 0.05) is 6.54 Å². The molecule has 2 atom stereocenters. The van der Waals surface area contributed by atoms with E-state index >= 15 is 0 Å². The quantitative estimate of drug-likeness (QED) is 0.440. The molecule has 0 spiro atoms. The third-order valence-electron chi connectivity index (χ3n) is 3.37. The average molecular weight is 353 g/mol. The lowest BCUT2D eigenvalue weighted by Gasteiger charge is -2.27. The number of hydrazone groups is 1. The Morgan fingerprint density at radius 1 is 1.33 bits per heavy atom. The van der Waals surface area contributed by atoms with Gasteiger partial charge < -0.3 is 5.43 Å². The van der Waals surface area contributed by atoms with Gasteiger partial charge in [0.25, 0.3) is 0 Å². The van der Waals surface area contributed by atoms with Gasteiger partial charge in [0.2, 0.25) is 5.91 Å². The largest absolute Gasteiger partial charge is 0.304 e. The first-order valence-electron chi connectivity index (χ1n) is 6.94. The monoisotopic (exact) mass is 352 g/mol. The zero-order chi connectivity index (χ0) is 15.5. The summed E-state index contributed by atoms with van der Waals surface area (Å²) in [5.74, 6) is -0.0940. The minimum absolute atomic E-state index is 0.0798. The van der Waals surface area contributed by atoms with E-state index in [1.807, 2.05) is 12.1 Å². The molecule has 0 radical (unpaired) electrons. The molecule has 3 N–H and O–H groups in total. The Balaban J connectivity index is 1.94. The van der Waals surface area contributed by atoms with E-state index in [9.17, 15) is 4.79 Å². The van der Waals surface area contributed by atoms with E-state index in [2.05, 4.69) is 70.2 Å². The Morgan fingerprint density at radius 3 is 2.62 bits per heavy atom. The Bertz CT molecular complexity index is 521. The number of hydrogen-bond acceptors (Lipinski definition) is 4. The van der Waals surface area contributed by atoms with E-state index in [4.69, 9.17) is 0 Å². The van der Waals surface area contributed by atoms with Gasteiger partial charge in [0.1, 0.15) is 4.83 Å². The maximum absolute atomic E-state index is 11.5. The molecule has 1 fully saturated rings. The third-order valence-corrected chi connectivity index (χ3v) is 4.42. The Morgan fingerprint density at radius 2 is 2.00 bits per heavy atom. The molecule has 1 saturated heterocycles. The van der Waals surface area contributed by atoms with Crippen molar-refractivity contribution < 1.29 is 4.79 Å². The van der Waals surface area contributed by atoms with E-state index in [-0.39, 0.29) is 22.2 Å². The van der Waals surface area contributed by atoms with Crippen LogP contribution in [0, 0.1) is 0 Å². The zero-order valence-electron chi connectivity index (χ0n) is 12.5. The van der Waals surface area contributed by atoms with Crippen molar-refractivity contribution in [1.82, 2.24) is 16.3 Å². The van der Waals surface area contributed by atoms with Crippen molar-refractivity contribution in [3.63, 3.8) is 0 Å². The Labute approximate surface area is 133 Å². The molecule has 1 aromatic carbocycles. The summed E-state index contributed by atoms with van der Waals surface area (Å²) in [4.78, 5) is 11.2. The van der Waals surface area contributed by atoms with Gasteiger partial charge in [0.05, 0.1) is 12.3 Å². The van der Waals surface area contributed by atoms with Gasteiger partial charge in [-0.15, -0.1) is 0 Å². The smallest absolute Gasteiger partial charge is 0.250 e. The first-order valence-corrected chi connectivity index (χ1v) is 7.85. The topological polar surface area (TPSA) is 65.5 Å². The first kappa shape index (κ1) is 16.0. The molecule has 1 heterocycles. The number of nitrogens with one attached hydrogen (secondary N) is 3. The van der Waals surface area contributed by atoms with Gasteiger partial charge in [-0.3, -0.25) is 10.2 Å². The molecule has 1 aliphatic heterocycles. The van der Waals surface area contributed by atoms with Crippen molar-refractivity contribution in [3.05, 3.63) is 35.4 Å². The van der Waals surface area contributed by atoms with Gasteiger partial charge >= 0.3 is 0 Å². The summed E-state index contributed by atoms with van der Waals surface area (Å²) in [7, 11) is 0. The molecule has 0 aliphatic carbocycles. The number of amides is 1. The molecule has 114 valence electrons. The van der Waals surface area contributed by atoms with Crippen LogP contribution in [0.4, 0.5) is 0 Å². The summed E-state index contributed by atoms with van der Waals surface area (Å²) >= 11 is 3.35. The van der Waals surface area contributed by atoms with Gasteiger partial charge in [-0.25, -0.2) is 5.43 Å². The molecular weight excluding hydrogens is 332 g/mol. The summed E-state index contributed by atoms with van der Waals surface area (Å²) < 4.78 is 0. The number of carbonyl (C=O) groups excluding carboxylic acids is 1. The number of carbonyl (C=O) groups is 1. The highest BCUT2D eigenvalue weighted by Crippen LogP contribution is 2.21. The van der Waals surface area contributed by atoms with E-state index in [1.165, 1.54) is 5.56 Å². The standard InChI is InChI=1S/C15H21BrN4O/c1-15(2,3)11-6-4-10(5-7-11)8-17-19-12-9-18-20-14(21)13(12)16/h4-8,12-13,18-19H,9H2,1-3H3,(H,20,21)/b17-8-. The summed E-state index contributed by atoms with van der Waals surface area (Å²) in [6, 6.07) is 8.24. The summed E-state index contributed by atoms with van der Waals surface area (Å²) in [5, 5.41) is 4.22. The Kier molecular flexibility index (Phi) is 5.00. The fourth-order valence-electron chi connectivity index (χ4n) is 1.99. The number of rotatable bonds is 3. The van der Waals surface area contributed by atoms with Crippen molar-refractivity contribution in [1.29, 1.82) is 0 Å².